The van der Waals surface area contributed by atoms with Crippen molar-refractivity contribution < 1.29 is 9.31 Å². The third-order valence-electron chi connectivity index (χ3n) is 6.05. The van der Waals surface area contributed by atoms with Gasteiger partial charge in [0.25, 0.3) is 0 Å². The van der Waals surface area contributed by atoms with Gasteiger partial charge < -0.3 is 15.0 Å². The largest absolute Gasteiger partial charge is 0.475 e. The molecule has 3 nitrogen and oxygen atoms in total. The molecule has 0 unspecified atom stereocenters. The molecule has 0 spiro atoms. The van der Waals surface area contributed by atoms with Crippen molar-refractivity contribution in [3.05, 3.63) is 0 Å². The van der Waals surface area contributed by atoms with Crippen molar-refractivity contribution in [3.8, 4) is 0 Å². The molecule has 1 saturated heterocycles. The summed E-state index contributed by atoms with van der Waals surface area (Å²) in [5, 5.41) is 0. The highest BCUT2D eigenvalue weighted by atomic mass is 35.5. The average molecular weight is 288 g/mol. The molecular formula is C14H27BClNO2. The van der Waals surface area contributed by atoms with Crippen LogP contribution in [-0.2, 0) is 9.31 Å². The van der Waals surface area contributed by atoms with Crippen molar-refractivity contribution in [3.63, 3.8) is 0 Å². The summed E-state index contributed by atoms with van der Waals surface area (Å²) < 4.78 is 12.5. The molecule has 110 valence electrons. The lowest BCUT2D eigenvalue weighted by atomic mass is 9.43. The summed E-state index contributed by atoms with van der Waals surface area (Å²) in [6.45, 7) is 11.3. The maximum atomic E-state index is 6.31. The Bertz CT molecular complexity index is 365. The summed E-state index contributed by atoms with van der Waals surface area (Å²) in [6.07, 6.45) is 2.69. The Kier molecular flexibility index (Phi) is 3.80. The van der Waals surface area contributed by atoms with Crippen LogP contribution in [0.4, 0.5) is 0 Å². The summed E-state index contributed by atoms with van der Waals surface area (Å²) in [4.78, 5) is 0. The lowest BCUT2D eigenvalue weighted by Gasteiger charge is -2.64. The van der Waals surface area contributed by atoms with Gasteiger partial charge in [-0.3, -0.25) is 0 Å². The van der Waals surface area contributed by atoms with Crippen LogP contribution >= 0.6 is 12.4 Å². The fourth-order valence-electron chi connectivity index (χ4n) is 4.38. The Hall–Kier alpha value is 0.235. The van der Waals surface area contributed by atoms with Gasteiger partial charge in [-0.05, 0) is 42.9 Å². The number of nitrogens with two attached hydrogens (primary N) is 1. The van der Waals surface area contributed by atoms with Crippen molar-refractivity contribution in [1.29, 1.82) is 0 Å². The van der Waals surface area contributed by atoms with Crippen LogP contribution in [0.5, 0.6) is 0 Å². The minimum Gasteiger partial charge on any atom is -0.404 e. The van der Waals surface area contributed by atoms with Gasteiger partial charge in [-0.1, -0.05) is 27.7 Å². The van der Waals surface area contributed by atoms with Crippen LogP contribution in [-0.4, -0.2) is 24.8 Å². The first-order valence-corrected chi connectivity index (χ1v) is 7.35. The van der Waals surface area contributed by atoms with Gasteiger partial charge >= 0.3 is 7.12 Å². The quantitative estimate of drug-likeness (QED) is 0.794. The molecule has 4 fully saturated rings. The molecule has 1 aliphatic heterocycles. The second-order valence-electron chi connectivity index (χ2n) is 7.66. The van der Waals surface area contributed by atoms with Crippen molar-refractivity contribution in [2.24, 2.45) is 28.9 Å². The van der Waals surface area contributed by atoms with Crippen molar-refractivity contribution in [2.75, 3.05) is 0 Å². The van der Waals surface area contributed by atoms with Gasteiger partial charge in [-0.25, -0.2) is 0 Å². The fraction of sp³-hybridized carbons (Fsp3) is 1.00. The highest BCUT2D eigenvalue weighted by Crippen LogP contribution is 2.65. The van der Waals surface area contributed by atoms with E-state index < -0.39 is 0 Å². The third-order valence-corrected chi connectivity index (χ3v) is 6.05. The summed E-state index contributed by atoms with van der Waals surface area (Å²) in [5.41, 5.74) is 6.50. The van der Waals surface area contributed by atoms with Gasteiger partial charge in [-0.15, -0.1) is 12.4 Å². The number of rotatable bonds is 2. The van der Waals surface area contributed by atoms with Crippen LogP contribution in [0.1, 0.15) is 47.5 Å². The van der Waals surface area contributed by atoms with Crippen molar-refractivity contribution in [2.45, 2.75) is 65.1 Å². The smallest absolute Gasteiger partial charge is 0.404 e. The van der Waals surface area contributed by atoms with Gasteiger partial charge in [0.2, 0.25) is 0 Å². The minimum absolute atomic E-state index is 0. The Labute approximate surface area is 123 Å². The molecule has 19 heavy (non-hydrogen) atoms. The first-order valence-electron chi connectivity index (χ1n) is 7.35. The van der Waals surface area contributed by atoms with Gasteiger partial charge in [0, 0.05) is 5.94 Å². The molecule has 5 heteroatoms. The summed E-state index contributed by atoms with van der Waals surface area (Å²) >= 11 is 0. The molecule has 4 aliphatic rings. The predicted molar refractivity (Wildman–Crippen MR) is 80.2 cm³/mol. The Morgan fingerprint density at radius 1 is 1.21 bits per heavy atom. The van der Waals surface area contributed by atoms with Crippen LogP contribution in [0.3, 0.4) is 0 Å². The maximum Gasteiger partial charge on any atom is 0.475 e. The second-order valence-corrected chi connectivity index (χ2v) is 7.66. The molecule has 0 aromatic rings. The van der Waals surface area contributed by atoms with Crippen molar-refractivity contribution in [1.82, 2.24) is 0 Å². The second kappa shape index (κ2) is 4.62. The van der Waals surface area contributed by atoms with Crippen LogP contribution in [0.25, 0.3) is 0 Å². The third kappa shape index (κ3) is 1.98. The molecule has 5 atom stereocenters. The minimum atomic E-state index is -0.213. The molecule has 3 saturated carbocycles. The number of halogens is 1. The summed E-state index contributed by atoms with van der Waals surface area (Å²) in [7, 11) is -0.213. The van der Waals surface area contributed by atoms with Gasteiger partial charge in [0.15, 0.2) is 0 Å². The molecule has 3 aliphatic carbocycles. The first kappa shape index (κ1) is 15.6. The predicted octanol–water partition coefficient (Wildman–Crippen LogP) is 2.66. The van der Waals surface area contributed by atoms with E-state index in [9.17, 15) is 0 Å². The molecule has 2 N–H and O–H groups in total. The average Bonchev–Trinajstić information content (AvgIpc) is 2.63. The van der Waals surface area contributed by atoms with Gasteiger partial charge in [-0.2, -0.15) is 0 Å². The van der Waals surface area contributed by atoms with E-state index in [0.29, 0.717) is 17.3 Å². The lowest BCUT2D eigenvalue weighted by Crippen LogP contribution is -2.65. The SMILES string of the molecule is CC(C)[C@H](N)B1O[C@@H]2C[C@H]3C[C@H](C3(C)C)[C@]2(C)O1.Cl. The lowest BCUT2D eigenvalue weighted by molar-refractivity contribution is -0.199. The molecule has 1 heterocycles. The zero-order valence-corrected chi connectivity index (χ0v) is 13.5. The Morgan fingerprint density at radius 3 is 2.37 bits per heavy atom. The molecule has 0 amide bonds. The monoisotopic (exact) mass is 287 g/mol. The van der Waals surface area contributed by atoms with E-state index in [4.69, 9.17) is 15.0 Å². The Balaban J connectivity index is 0.00000133. The van der Waals surface area contributed by atoms with E-state index in [-0.39, 0.29) is 37.2 Å². The fourth-order valence-corrected chi connectivity index (χ4v) is 4.38. The molecule has 2 bridgehead atoms. The molecule has 0 aromatic heterocycles. The zero-order chi connectivity index (χ0) is 13.3. The standard InChI is InChI=1S/C14H26BNO2.ClH/c1-8(2)12(16)15-17-11-7-9-6-10(13(9,3)4)14(11,5)18-15;/h8-12H,6-7,16H2,1-5H3;1H/t9-,10-,11-,12+,14+;/m1./s1. The molecule has 4 rings (SSSR count). The maximum absolute atomic E-state index is 6.31. The topological polar surface area (TPSA) is 44.5 Å². The van der Waals surface area contributed by atoms with E-state index in [1.54, 1.807) is 0 Å². The first-order chi connectivity index (χ1) is 8.26. The molecular weight excluding hydrogens is 260 g/mol. The van der Waals surface area contributed by atoms with Crippen LogP contribution in [0.15, 0.2) is 0 Å². The molecule has 0 radical (unpaired) electrons. The van der Waals surface area contributed by atoms with Crippen LogP contribution < -0.4 is 5.73 Å². The number of hydrogen-bond acceptors (Lipinski definition) is 3. The zero-order valence-electron chi connectivity index (χ0n) is 12.7. The van der Waals surface area contributed by atoms with E-state index in [1.807, 2.05) is 0 Å². The summed E-state index contributed by atoms with van der Waals surface area (Å²) in [5.74, 6) is 1.80. The van der Waals surface area contributed by atoms with Crippen LogP contribution in [0.2, 0.25) is 0 Å². The van der Waals surface area contributed by atoms with Gasteiger partial charge in [0.05, 0.1) is 11.7 Å². The van der Waals surface area contributed by atoms with E-state index in [1.165, 1.54) is 6.42 Å². The van der Waals surface area contributed by atoms with E-state index in [2.05, 4.69) is 34.6 Å². The van der Waals surface area contributed by atoms with Crippen LogP contribution in [0, 0.1) is 23.2 Å². The number of hydrogen-bond donors (Lipinski definition) is 1. The van der Waals surface area contributed by atoms with Gasteiger partial charge in [0.1, 0.15) is 0 Å². The van der Waals surface area contributed by atoms with E-state index >= 15 is 0 Å². The van der Waals surface area contributed by atoms with Crippen molar-refractivity contribution >= 4 is 19.5 Å². The highest BCUT2D eigenvalue weighted by Gasteiger charge is 2.68. The Morgan fingerprint density at radius 2 is 1.84 bits per heavy atom. The highest BCUT2D eigenvalue weighted by molar-refractivity contribution is 6.47. The van der Waals surface area contributed by atoms with E-state index in [0.717, 1.165) is 12.3 Å². The normalized spacial score (nSPS) is 44.4. The summed E-state index contributed by atoms with van der Waals surface area (Å²) in [6, 6.07) is 0. The molecule has 0 aromatic carbocycles.